The maximum Gasteiger partial charge on any atom is 0.254 e. The van der Waals surface area contributed by atoms with Gasteiger partial charge in [0.2, 0.25) is 5.91 Å². The van der Waals surface area contributed by atoms with Crippen LogP contribution < -0.4 is 5.32 Å². The maximum atomic E-state index is 13.8. The number of ether oxygens (including phenoxy) is 1. The van der Waals surface area contributed by atoms with E-state index >= 15 is 0 Å². The van der Waals surface area contributed by atoms with Gasteiger partial charge in [-0.15, -0.1) is 0 Å². The van der Waals surface area contributed by atoms with Gasteiger partial charge < -0.3 is 19.9 Å². The number of morpholine rings is 1. The molecule has 0 radical (unpaired) electrons. The highest BCUT2D eigenvalue weighted by Crippen LogP contribution is 2.25. The number of aromatic nitrogens is 1. The van der Waals surface area contributed by atoms with E-state index in [0.717, 1.165) is 0 Å². The number of nitrogens with one attached hydrogen (secondary N) is 2. The van der Waals surface area contributed by atoms with Crippen molar-refractivity contribution in [3.8, 4) is 0 Å². The Balaban J connectivity index is 1.67. The number of fused-ring (bicyclic) bond motifs is 1. The number of carbonyl (C=O) groups is 2. The largest absolute Gasteiger partial charge is 0.378 e. The Bertz CT molecular complexity index is 1040. The number of nitrogens with zero attached hydrogens (tertiary/aromatic N) is 1. The van der Waals surface area contributed by atoms with Crippen molar-refractivity contribution in [2.45, 2.75) is 13.0 Å². The van der Waals surface area contributed by atoms with Crippen LogP contribution in [-0.2, 0) is 9.53 Å². The number of H-pyrrole nitrogens is 1. The summed E-state index contributed by atoms with van der Waals surface area (Å²) in [5, 5.41) is 3.36. The molecule has 2 amide bonds. The molecule has 2 N–H and O–H groups in total. The number of aromatic amines is 1. The molecular weight excluding hydrogens is 373 g/mol. The van der Waals surface area contributed by atoms with Crippen LogP contribution in [0.4, 0.5) is 4.39 Å². The molecule has 3 aromatic rings. The molecule has 1 atom stereocenters. The third-order valence-electron chi connectivity index (χ3n) is 5.15. The van der Waals surface area contributed by atoms with E-state index < -0.39 is 17.8 Å². The van der Waals surface area contributed by atoms with E-state index in [0.29, 0.717) is 54.0 Å². The highest BCUT2D eigenvalue weighted by molar-refractivity contribution is 6.09. The number of rotatable bonds is 4. The minimum absolute atomic E-state index is 0.184. The fraction of sp³-hybridized carbons (Fsp3) is 0.273. The summed E-state index contributed by atoms with van der Waals surface area (Å²) in [4.78, 5) is 31.2. The Morgan fingerprint density at radius 2 is 1.86 bits per heavy atom. The van der Waals surface area contributed by atoms with E-state index in [1.165, 1.54) is 12.1 Å². The topological polar surface area (TPSA) is 74.4 Å². The molecule has 1 saturated heterocycles. The standard InChI is InChI=1S/C22H22FN3O3/c1-14-19(17-13-16(23)7-8-18(17)24-14)21(27)25-20(15-5-3-2-4-6-15)22(28)26-9-11-29-12-10-26/h2-8,13,20,24H,9-12H2,1H3,(H,25,27). The van der Waals surface area contributed by atoms with Gasteiger partial charge >= 0.3 is 0 Å². The second-order valence-electron chi connectivity index (χ2n) is 7.07. The minimum atomic E-state index is -0.834. The van der Waals surface area contributed by atoms with Crippen molar-refractivity contribution in [2.24, 2.45) is 0 Å². The lowest BCUT2D eigenvalue weighted by Crippen LogP contribution is -2.47. The number of aryl methyl sites for hydroxylation is 1. The molecule has 1 aliphatic rings. The van der Waals surface area contributed by atoms with Gasteiger partial charge in [0.25, 0.3) is 5.91 Å². The van der Waals surface area contributed by atoms with E-state index in [1.807, 2.05) is 30.3 Å². The summed E-state index contributed by atoms with van der Waals surface area (Å²) in [7, 11) is 0. The van der Waals surface area contributed by atoms with Crippen molar-refractivity contribution < 1.29 is 18.7 Å². The lowest BCUT2D eigenvalue weighted by atomic mass is 10.0. The highest BCUT2D eigenvalue weighted by Gasteiger charge is 2.30. The lowest BCUT2D eigenvalue weighted by molar-refractivity contribution is -0.137. The number of carbonyl (C=O) groups excluding carboxylic acids is 2. The van der Waals surface area contributed by atoms with Gasteiger partial charge in [0.15, 0.2) is 0 Å². The van der Waals surface area contributed by atoms with E-state index in [2.05, 4.69) is 10.3 Å². The van der Waals surface area contributed by atoms with E-state index in [1.54, 1.807) is 17.9 Å². The molecule has 0 bridgehead atoms. The molecule has 4 rings (SSSR count). The van der Waals surface area contributed by atoms with Crippen molar-refractivity contribution in [2.75, 3.05) is 26.3 Å². The predicted octanol–water partition coefficient (Wildman–Crippen LogP) is 2.95. The first-order valence-electron chi connectivity index (χ1n) is 9.55. The number of hydrogen-bond acceptors (Lipinski definition) is 3. The van der Waals surface area contributed by atoms with Gasteiger partial charge in [-0.25, -0.2) is 4.39 Å². The number of amides is 2. The predicted molar refractivity (Wildman–Crippen MR) is 107 cm³/mol. The first kappa shape index (κ1) is 19.1. The summed E-state index contributed by atoms with van der Waals surface area (Å²) in [6.45, 7) is 3.67. The van der Waals surface area contributed by atoms with Crippen LogP contribution in [0.25, 0.3) is 10.9 Å². The smallest absolute Gasteiger partial charge is 0.254 e. The van der Waals surface area contributed by atoms with Crippen LogP contribution in [0.15, 0.2) is 48.5 Å². The second-order valence-corrected chi connectivity index (χ2v) is 7.07. The molecule has 150 valence electrons. The molecule has 2 aromatic carbocycles. The zero-order chi connectivity index (χ0) is 20.4. The van der Waals surface area contributed by atoms with E-state index in [4.69, 9.17) is 4.74 Å². The van der Waals surface area contributed by atoms with Crippen molar-refractivity contribution in [3.05, 3.63) is 71.2 Å². The van der Waals surface area contributed by atoms with Crippen LogP contribution in [0.5, 0.6) is 0 Å². The molecule has 1 unspecified atom stereocenters. The van der Waals surface area contributed by atoms with Gasteiger partial charge in [-0.05, 0) is 30.7 Å². The lowest BCUT2D eigenvalue weighted by Gasteiger charge is -2.31. The van der Waals surface area contributed by atoms with Gasteiger partial charge in [0.05, 0.1) is 18.8 Å². The second kappa shape index (κ2) is 8.05. The SMILES string of the molecule is Cc1[nH]c2ccc(F)cc2c1C(=O)NC(C(=O)N1CCOCC1)c1ccccc1. The highest BCUT2D eigenvalue weighted by atomic mass is 19.1. The van der Waals surface area contributed by atoms with Crippen LogP contribution in [0.2, 0.25) is 0 Å². The molecular formula is C22H22FN3O3. The maximum absolute atomic E-state index is 13.8. The molecule has 6 nitrogen and oxygen atoms in total. The molecule has 1 aromatic heterocycles. The first-order chi connectivity index (χ1) is 14.0. The molecule has 7 heteroatoms. The first-order valence-corrected chi connectivity index (χ1v) is 9.55. The Labute approximate surface area is 167 Å². The molecule has 1 aliphatic heterocycles. The summed E-state index contributed by atoms with van der Waals surface area (Å²) >= 11 is 0. The third kappa shape index (κ3) is 3.86. The molecule has 1 fully saturated rings. The van der Waals surface area contributed by atoms with Crippen LogP contribution in [0.3, 0.4) is 0 Å². The van der Waals surface area contributed by atoms with Crippen LogP contribution >= 0.6 is 0 Å². The fourth-order valence-electron chi connectivity index (χ4n) is 3.69. The van der Waals surface area contributed by atoms with Gasteiger partial charge in [0.1, 0.15) is 11.9 Å². The van der Waals surface area contributed by atoms with Crippen molar-refractivity contribution >= 4 is 22.7 Å². The molecule has 29 heavy (non-hydrogen) atoms. The molecule has 2 heterocycles. The minimum Gasteiger partial charge on any atom is -0.378 e. The van der Waals surface area contributed by atoms with Gasteiger partial charge in [-0.1, -0.05) is 30.3 Å². The van der Waals surface area contributed by atoms with Crippen molar-refractivity contribution in [3.63, 3.8) is 0 Å². The van der Waals surface area contributed by atoms with Gasteiger partial charge in [-0.3, -0.25) is 9.59 Å². The Morgan fingerprint density at radius 3 is 2.59 bits per heavy atom. The summed E-state index contributed by atoms with van der Waals surface area (Å²) in [5.74, 6) is -1.03. The molecule has 0 aliphatic carbocycles. The summed E-state index contributed by atoms with van der Waals surface area (Å²) in [6, 6.07) is 12.6. The van der Waals surface area contributed by atoms with E-state index in [-0.39, 0.29) is 5.91 Å². The normalized spacial score (nSPS) is 15.3. The quantitative estimate of drug-likeness (QED) is 0.713. The Morgan fingerprint density at radius 1 is 1.14 bits per heavy atom. The van der Waals surface area contributed by atoms with E-state index in [9.17, 15) is 14.0 Å². The average molecular weight is 395 g/mol. The van der Waals surface area contributed by atoms with Crippen molar-refractivity contribution in [1.82, 2.24) is 15.2 Å². The molecule has 0 saturated carbocycles. The summed E-state index contributed by atoms with van der Waals surface area (Å²) < 4.78 is 19.1. The Kier molecular flexibility index (Phi) is 5.31. The average Bonchev–Trinajstić information content (AvgIpc) is 3.07. The summed E-state index contributed by atoms with van der Waals surface area (Å²) in [5.41, 5.74) is 2.33. The number of benzene rings is 2. The van der Waals surface area contributed by atoms with Gasteiger partial charge in [-0.2, -0.15) is 0 Å². The number of halogens is 1. The Hall–Kier alpha value is -3.19. The van der Waals surface area contributed by atoms with Crippen LogP contribution in [-0.4, -0.2) is 48.0 Å². The van der Waals surface area contributed by atoms with Crippen LogP contribution in [0.1, 0.15) is 27.7 Å². The van der Waals surface area contributed by atoms with Crippen molar-refractivity contribution in [1.29, 1.82) is 0 Å². The summed E-state index contributed by atoms with van der Waals surface area (Å²) in [6.07, 6.45) is 0. The van der Waals surface area contributed by atoms with Gasteiger partial charge in [0, 0.05) is 29.7 Å². The number of hydrogen-bond donors (Lipinski definition) is 2. The monoisotopic (exact) mass is 395 g/mol. The zero-order valence-corrected chi connectivity index (χ0v) is 16.1. The third-order valence-corrected chi connectivity index (χ3v) is 5.15. The van der Waals surface area contributed by atoms with Crippen LogP contribution in [0, 0.1) is 12.7 Å². The zero-order valence-electron chi connectivity index (χ0n) is 16.1. The molecule has 0 spiro atoms. The fourth-order valence-corrected chi connectivity index (χ4v) is 3.69.